The lowest BCUT2D eigenvalue weighted by Crippen LogP contribution is -2.46. The van der Waals surface area contributed by atoms with Crippen molar-refractivity contribution in [3.8, 4) is 12.3 Å². The van der Waals surface area contributed by atoms with Gasteiger partial charge in [-0.25, -0.2) is 0 Å². The van der Waals surface area contributed by atoms with Crippen LogP contribution in [-0.2, 0) is 4.79 Å². The maximum Gasteiger partial charge on any atom is 0.178 e. The normalized spacial score (nSPS) is 46.0. The van der Waals surface area contributed by atoms with E-state index in [-0.39, 0.29) is 11.2 Å². The number of hydrogen-bond acceptors (Lipinski definition) is 1. The number of carbonyl (C=O) groups is 1. The highest BCUT2D eigenvalue weighted by Gasteiger charge is 2.54. The first-order valence-corrected chi connectivity index (χ1v) is 8.61. The standard InChI is InChI=1S/C21H24O/c1-4-15-6-8-19-17-7-5-14-12-16(22)11-13(2)20(14)18(17)9-10-21(15,19)3/h1,6,8,11-12,15,17-20H,5,7,9-10H2,2-3H3/t15-,17+,18-,19-,20-,21+/m0/s1. The molecule has 0 amide bonds. The van der Waals surface area contributed by atoms with Crippen molar-refractivity contribution in [1.82, 2.24) is 0 Å². The van der Waals surface area contributed by atoms with Crippen LogP contribution in [-0.4, -0.2) is 5.78 Å². The predicted octanol–water partition coefficient (Wildman–Crippen LogP) is 4.32. The maximum atomic E-state index is 11.8. The zero-order valence-corrected chi connectivity index (χ0v) is 13.5. The first-order valence-electron chi connectivity index (χ1n) is 8.61. The fourth-order valence-corrected chi connectivity index (χ4v) is 5.94. The third-order valence-corrected chi connectivity index (χ3v) is 6.97. The number of ketones is 1. The van der Waals surface area contributed by atoms with Crippen LogP contribution >= 0.6 is 0 Å². The van der Waals surface area contributed by atoms with Gasteiger partial charge in [0.1, 0.15) is 0 Å². The summed E-state index contributed by atoms with van der Waals surface area (Å²) in [7, 11) is 0. The Bertz CT molecular complexity index is 656. The average molecular weight is 292 g/mol. The smallest absolute Gasteiger partial charge is 0.178 e. The number of carbonyl (C=O) groups excluding carboxylic acids is 1. The molecule has 4 aliphatic carbocycles. The Morgan fingerprint density at radius 1 is 1.23 bits per heavy atom. The monoisotopic (exact) mass is 292 g/mol. The Hall–Kier alpha value is -1.55. The van der Waals surface area contributed by atoms with E-state index >= 15 is 0 Å². The van der Waals surface area contributed by atoms with Crippen LogP contribution < -0.4 is 0 Å². The minimum atomic E-state index is 0.191. The van der Waals surface area contributed by atoms with Gasteiger partial charge in [-0.2, -0.15) is 0 Å². The van der Waals surface area contributed by atoms with Gasteiger partial charge in [0.15, 0.2) is 5.78 Å². The molecule has 22 heavy (non-hydrogen) atoms. The number of terminal acetylenes is 1. The second-order valence-corrected chi connectivity index (χ2v) is 7.95. The predicted molar refractivity (Wildman–Crippen MR) is 88.8 cm³/mol. The molecule has 6 atom stereocenters. The summed E-state index contributed by atoms with van der Waals surface area (Å²) in [4.78, 5) is 11.8. The van der Waals surface area contributed by atoms with Crippen LogP contribution in [0.25, 0.3) is 0 Å². The summed E-state index contributed by atoms with van der Waals surface area (Å²) in [5.74, 6) is 6.08. The van der Waals surface area contributed by atoms with E-state index in [2.05, 4.69) is 31.9 Å². The molecule has 4 aliphatic rings. The van der Waals surface area contributed by atoms with Crippen LogP contribution in [0.4, 0.5) is 0 Å². The summed E-state index contributed by atoms with van der Waals surface area (Å²) < 4.78 is 0. The molecule has 0 N–H and O–H groups in total. The molecule has 0 radical (unpaired) electrons. The molecule has 1 nitrogen and oxygen atoms in total. The highest BCUT2D eigenvalue weighted by molar-refractivity contribution is 6.01. The van der Waals surface area contributed by atoms with Gasteiger partial charge >= 0.3 is 0 Å². The second-order valence-electron chi connectivity index (χ2n) is 7.95. The van der Waals surface area contributed by atoms with E-state index in [1.807, 2.05) is 12.2 Å². The minimum Gasteiger partial charge on any atom is -0.290 e. The lowest BCUT2D eigenvalue weighted by molar-refractivity contribution is -0.110. The first-order chi connectivity index (χ1) is 10.5. The van der Waals surface area contributed by atoms with Crippen LogP contribution in [0, 0.1) is 47.3 Å². The lowest BCUT2D eigenvalue weighted by Gasteiger charge is -2.53. The summed E-state index contributed by atoms with van der Waals surface area (Å²) >= 11 is 0. The van der Waals surface area contributed by atoms with Crippen molar-refractivity contribution < 1.29 is 4.79 Å². The summed E-state index contributed by atoms with van der Waals surface area (Å²) in [5, 5.41) is 0. The topological polar surface area (TPSA) is 17.1 Å². The van der Waals surface area contributed by atoms with Gasteiger partial charge in [-0.05, 0) is 67.9 Å². The zero-order valence-electron chi connectivity index (χ0n) is 13.5. The zero-order chi connectivity index (χ0) is 15.5. The molecule has 0 aromatic carbocycles. The Morgan fingerprint density at radius 2 is 2.05 bits per heavy atom. The van der Waals surface area contributed by atoms with Crippen molar-refractivity contribution in [2.24, 2.45) is 35.0 Å². The van der Waals surface area contributed by atoms with E-state index in [9.17, 15) is 4.79 Å². The Morgan fingerprint density at radius 3 is 2.82 bits per heavy atom. The Kier molecular flexibility index (Phi) is 3.02. The van der Waals surface area contributed by atoms with Crippen LogP contribution in [0.3, 0.4) is 0 Å². The molecule has 1 heteroatoms. The molecule has 0 spiro atoms. The Balaban J connectivity index is 1.69. The molecule has 0 unspecified atom stereocenters. The summed E-state index contributed by atoms with van der Waals surface area (Å²) in [6, 6.07) is 0. The SMILES string of the molecule is C#C[C@H]1C=C[C@H]2[C@@H]3CCC4=CC(=O)C=C(C)[C@@H]4[C@H]3CC[C@]12C. The van der Waals surface area contributed by atoms with E-state index in [0.29, 0.717) is 23.7 Å². The van der Waals surface area contributed by atoms with Crippen LogP contribution in [0.2, 0.25) is 0 Å². The second kappa shape index (κ2) is 4.72. The molecule has 0 saturated heterocycles. The van der Waals surface area contributed by atoms with Gasteiger partial charge in [0, 0.05) is 11.8 Å². The van der Waals surface area contributed by atoms with Crippen LogP contribution in [0.15, 0.2) is 35.5 Å². The van der Waals surface area contributed by atoms with Gasteiger partial charge < -0.3 is 0 Å². The summed E-state index contributed by atoms with van der Waals surface area (Å²) in [6.45, 7) is 4.55. The van der Waals surface area contributed by atoms with Crippen LogP contribution in [0.1, 0.15) is 39.5 Å². The van der Waals surface area contributed by atoms with Gasteiger partial charge in [-0.15, -0.1) is 6.42 Å². The van der Waals surface area contributed by atoms with Gasteiger partial charge in [-0.1, -0.05) is 36.1 Å². The number of fused-ring (bicyclic) bond motifs is 5. The fraction of sp³-hybridized carbons (Fsp3) is 0.571. The molecule has 114 valence electrons. The first kappa shape index (κ1) is 14.1. The number of rotatable bonds is 0. The molecular weight excluding hydrogens is 268 g/mol. The van der Waals surface area contributed by atoms with Gasteiger partial charge in [-0.3, -0.25) is 4.79 Å². The summed E-state index contributed by atoms with van der Waals surface area (Å²) in [5.41, 5.74) is 2.95. The molecular formula is C21H24O. The van der Waals surface area contributed by atoms with Crippen molar-refractivity contribution in [2.75, 3.05) is 0 Å². The maximum absolute atomic E-state index is 11.8. The third kappa shape index (κ3) is 1.76. The lowest BCUT2D eigenvalue weighted by atomic mass is 9.51. The van der Waals surface area contributed by atoms with Crippen molar-refractivity contribution >= 4 is 5.78 Å². The van der Waals surface area contributed by atoms with E-state index in [4.69, 9.17) is 6.42 Å². The van der Waals surface area contributed by atoms with Crippen molar-refractivity contribution in [1.29, 1.82) is 0 Å². The number of hydrogen-bond donors (Lipinski definition) is 0. The molecule has 0 aromatic heterocycles. The number of allylic oxidation sites excluding steroid dienone is 6. The highest BCUT2D eigenvalue weighted by Crippen LogP contribution is 2.61. The van der Waals surface area contributed by atoms with E-state index in [1.54, 1.807) is 0 Å². The quantitative estimate of drug-likeness (QED) is 0.480. The van der Waals surface area contributed by atoms with Crippen molar-refractivity contribution in [3.05, 3.63) is 35.5 Å². The molecule has 0 aromatic rings. The summed E-state index contributed by atoms with van der Waals surface area (Å²) in [6.07, 6.45) is 19.0. The van der Waals surface area contributed by atoms with E-state index < -0.39 is 0 Å². The van der Waals surface area contributed by atoms with E-state index in [1.165, 1.54) is 30.4 Å². The highest BCUT2D eigenvalue weighted by atomic mass is 16.1. The van der Waals surface area contributed by atoms with Crippen molar-refractivity contribution in [2.45, 2.75) is 39.5 Å². The third-order valence-electron chi connectivity index (χ3n) is 6.97. The van der Waals surface area contributed by atoms with Crippen molar-refractivity contribution in [3.63, 3.8) is 0 Å². The fourth-order valence-electron chi connectivity index (χ4n) is 5.94. The Labute approximate surface area is 133 Å². The average Bonchev–Trinajstić information content (AvgIpc) is 2.82. The minimum absolute atomic E-state index is 0.191. The molecule has 4 rings (SSSR count). The molecule has 2 saturated carbocycles. The van der Waals surface area contributed by atoms with Crippen LogP contribution in [0.5, 0.6) is 0 Å². The van der Waals surface area contributed by atoms with Gasteiger partial charge in [0.05, 0.1) is 0 Å². The molecule has 0 bridgehead atoms. The van der Waals surface area contributed by atoms with Gasteiger partial charge in [0.2, 0.25) is 0 Å². The van der Waals surface area contributed by atoms with Gasteiger partial charge in [0.25, 0.3) is 0 Å². The molecule has 0 aliphatic heterocycles. The molecule has 2 fully saturated rings. The largest absolute Gasteiger partial charge is 0.290 e. The molecule has 0 heterocycles. The van der Waals surface area contributed by atoms with E-state index in [0.717, 1.165) is 12.3 Å².